The summed E-state index contributed by atoms with van der Waals surface area (Å²) < 4.78 is 23.1. The number of ketones is 1. The minimum Gasteiger partial charge on any atom is -0.496 e. The van der Waals surface area contributed by atoms with Gasteiger partial charge < -0.3 is 9.47 Å². The van der Waals surface area contributed by atoms with Crippen LogP contribution in [0.2, 0.25) is 0 Å². The summed E-state index contributed by atoms with van der Waals surface area (Å²) in [6, 6.07) is 9.26. The van der Waals surface area contributed by atoms with E-state index in [9.17, 15) is 18.8 Å². The fourth-order valence-corrected chi connectivity index (χ4v) is 1.89. The second-order valence-electron chi connectivity index (χ2n) is 4.58. The van der Waals surface area contributed by atoms with Crippen molar-refractivity contribution >= 4 is 18.0 Å². The SMILES string of the molecule is COc1ccc(F)cc1C(=O)COC(=O)c1ccc(C=O)cc1. The maximum absolute atomic E-state index is 13.2. The minimum atomic E-state index is -0.717. The Morgan fingerprint density at radius 3 is 2.43 bits per heavy atom. The van der Waals surface area contributed by atoms with Gasteiger partial charge in [-0.3, -0.25) is 9.59 Å². The van der Waals surface area contributed by atoms with E-state index < -0.39 is 24.2 Å². The van der Waals surface area contributed by atoms with Gasteiger partial charge >= 0.3 is 5.97 Å². The summed E-state index contributed by atoms with van der Waals surface area (Å²) in [5.41, 5.74) is 0.619. The lowest BCUT2D eigenvalue weighted by atomic mass is 10.1. The number of hydrogen-bond donors (Lipinski definition) is 0. The molecule has 2 rings (SSSR count). The lowest BCUT2D eigenvalue weighted by Gasteiger charge is -2.08. The molecule has 0 aliphatic carbocycles. The third-order valence-electron chi connectivity index (χ3n) is 3.08. The van der Waals surface area contributed by atoms with Gasteiger partial charge in [-0.15, -0.1) is 0 Å². The minimum absolute atomic E-state index is 0.00315. The van der Waals surface area contributed by atoms with Gasteiger partial charge in [0.1, 0.15) is 17.9 Å². The van der Waals surface area contributed by atoms with E-state index in [-0.39, 0.29) is 16.9 Å². The molecule has 118 valence electrons. The zero-order valence-electron chi connectivity index (χ0n) is 12.2. The van der Waals surface area contributed by atoms with E-state index in [1.54, 1.807) is 0 Å². The molecule has 6 heteroatoms. The number of aldehydes is 1. The Labute approximate surface area is 131 Å². The van der Waals surface area contributed by atoms with Crippen molar-refractivity contribution in [1.82, 2.24) is 0 Å². The lowest BCUT2D eigenvalue weighted by Crippen LogP contribution is -2.15. The van der Waals surface area contributed by atoms with Crippen molar-refractivity contribution in [1.29, 1.82) is 0 Å². The summed E-state index contributed by atoms with van der Waals surface area (Å²) in [6.45, 7) is -0.548. The first kappa shape index (κ1) is 16.4. The molecule has 0 radical (unpaired) electrons. The molecule has 2 aromatic carbocycles. The second-order valence-corrected chi connectivity index (χ2v) is 4.58. The standard InChI is InChI=1S/C17H13FO5/c1-22-16-7-6-13(18)8-14(16)15(20)10-23-17(21)12-4-2-11(9-19)3-5-12/h2-9H,10H2,1H3. The largest absolute Gasteiger partial charge is 0.496 e. The summed E-state index contributed by atoms with van der Waals surface area (Å²) in [5, 5.41) is 0. The highest BCUT2D eigenvalue weighted by molar-refractivity contribution is 6.01. The number of carbonyl (C=O) groups is 3. The summed E-state index contributed by atoms with van der Waals surface area (Å²) in [5.74, 6) is -1.70. The highest BCUT2D eigenvalue weighted by atomic mass is 19.1. The fourth-order valence-electron chi connectivity index (χ4n) is 1.89. The Kier molecular flexibility index (Phi) is 5.19. The predicted molar refractivity (Wildman–Crippen MR) is 79.4 cm³/mol. The van der Waals surface area contributed by atoms with Crippen LogP contribution in [0.25, 0.3) is 0 Å². The molecular weight excluding hydrogens is 303 g/mol. The Morgan fingerprint density at radius 2 is 1.83 bits per heavy atom. The Morgan fingerprint density at radius 1 is 1.13 bits per heavy atom. The van der Waals surface area contributed by atoms with Crippen LogP contribution in [0, 0.1) is 5.82 Å². The summed E-state index contributed by atoms with van der Waals surface area (Å²) in [4.78, 5) is 34.4. The van der Waals surface area contributed by atoms with Gasteiger partial charge in [-0.25, -0.2) is 9.18 Å². The first-order valence-electron chi connectivity index (χ1n) is 6.64. The number of halogens is 1. The monoisotopic (exact) mass is 316 g/mol. The molecule has 0 unspecified atom stereocenters. The van der Waals surface area contributed by atoms with Crippen molar-refractivity contribution in [2.75, 3.05) is 13.7 Å². The van der Waals surface area contributed by atoms with Crippen LogP contribution in [-0.2, 0) is 4.74 Å². The molecule has 0 aromatic heterocycles. The molecule has 0 fully saturated rings. The molecule has 0 amide bonds. The smallest absolute Gasteiger partial charge is 0.338 e. The van der Waals surface area contributed by atoms with E-state index in [0.29, 0.717) is 11.8 Å². The number of esters is 1. The van der Waals surface area contributed by atoms with Crippen LogP contribution in [0.3, 0.4) is 0 Å². The van der Waals surface area contributed by atoms with E-state index in [1.807, 2.05) is 0 Å². The highest BCUT2D eigenvalue weighted by Gasteiger charge is 2.16. The normalized spacial score (nSPS) is 10.0. The molecule has 0 bridgehead atoms. The maximum atomic E-state index is 13.2. The van der Waals surface area contributed by atoms with Crippen molar-refractivity contribution in [2.45, 2.75) is 0 Å². The summed E-state index contributed by atoms with van der Waals surface area (Å²) in [7, 11) is 1.35. The van der Waals surface area contributed by atoms with Crippen molar-refractivity contribution in [3.05, 3.63) is 65.0 Å². The number of hydrogen-bond acceptors (Lipinski definition) is 5. The van der Waals surface area contributed by atoms with Gasteiger partial charge in [-0.2, -0.15) is 0 Å². The van der Waals surface area contributed by atoms with Gasteiger partial charge in [0.2, 0.25) is 5.78 Å². The molecule has 0 saturated heterocycles. The third-order valence-corrected chi connectivity index (χ3v) is 3.08. The van der Waals surface area contributed by atoms with Crippen molar-refractivity contribution in [3.8, 4) is 5.75 Å². The number of ether oxygens (including phenoxy) is 2. The molecule has 0 aliphatic rings. The highest BCUT2D eigenvalue weighted by Crippen LogP contribution is 2.20. The molecule has 0 aliphatic heterocycles. The zero-order valence-corrected chi connectivity index (χ0v) is 12.2. The quantitative estimate of drug-likeness (QED) is 0.465. The predicted octanol–water partition coefficient (Wildman–Crippen LogP) is 2.69. The van der Waals surface area contributed by atoms with E-state index in [1.165, 1.54) is 37.4 Å². The van der Waals surface area contributed by atoms with Gasteiger partial charge in [0.15, 0.2) is 6.61 Å². The third kappa shape index (κ3) is 4.00. The van der Waals surface area contributed by atoms with Crippen LogP contribution in [0.5, 0.6) is 5.75 Å². The number of carbonyl (C=O) groups excluding carboxylic acids is 3. The first-order chi connectivity index (χ1) is 11.0. The molecule has 0 atom stereocenters. The van der Waals surface area contributed by atoms with Gasteiger partial charge in [0.05, 0.1) is 18.2 Å². The molecule has 0 saturated carbocycles. The van der Waals surface area contributed by atoms with Crippen molar-refractivity contribution in [2.24, 2.45) is 0 Å². The average molecular weight is 316 g/mol. The molecule has 23 heavy (non-hydrogen) atoms. The van der Waals surface area contributed by atoms with Crippen LogP contribution in [0.15, 0.2) is 42.5 Å². The van der Waals surface area contributed by atoms with Gasteiger partial charge in [-0.05, 0) is 30.3 Å². The average Bonchev–Trinajstić information content (AvgIpc) is 2.59. The van der Waals surface area contributed by atoms with E-state index >= 15 is 0 Å². The van der Waals surface area contributed by atoms with Gasteiger partial charge in [0, 0.05) is 5.56 Å². The lowest BCUT2D eigenvalue weighted by molar-refractivity contribution is 0.0474. The molecular formula is C17H13FO5. The van der Waals surface area contributed by atoms with Crippen LogP contribution >= 0.6 is 0 Å². The van der Waals surface area contributed by atoms with Crippen LogP contribution in [-0.4, -0.2) is 31.8 Å². The Balaban J connectivity index is 2.05. The fraction of sp³-hybridized carbons (Fsp3) is 0.118. The van der Waals surface area contributed by atoms with Crippen LogP contribution in [0.1, 0.15) is 31.1 Å². The number of Topliss-reactive ketones (excluding diaryl/α,β-unsaturated/α-hetero) is 1. The van der Waals surface area contributed by atoms with Gasteiger partial charge in [-0.1, -0.05) is 12.1 Å². The molecule has 2 aromatic rings. The first-order valence-corrected chi connectivity index (χ1v) is 6.64. The zero-order chi connectivity index (χ0) is 16.8. The molecule has 5 nitrogen and oxygen atoms in total. The van der Waals surface area contributed by atoms with E-state index in [0.717, 1.165) is 12.1 Å². The van der Waals surface area contributed by atoms with Crippen LogP contribution in [0.4, 0.5) is 4.39 Å². The molecule has 0 N–H and O–H groups in total. The van der Waals surface area contributed by atoms with E-state index in [4.69, 9.17) is 9.47 Å². The summed E-state index contributed by atoms with van der Waals surface area (Å²) >= 11 is 0. The Bertz CT molecular complexity index is 737. The van der Waals surface area contributed by atoms with Crippen molar-refractivity contribution in [3.63, 3.8) is 0 Å². The molecule has 0 heterocycles. The Hall–Kier alpha value is -3.02. The topological polar surface area (TPSA) is 69.7 Å². The van der Waals surface area contributed by atoms with E-state index in [2.05, 4.69) is 0 Å². The maximum Gasteiger partial charge on any atom is 0.338 e. The number of rotatable bonds is 6. The second kappa shape index (κ2) is 7.31. The van der Waals surface area contributed by atoms with Gasteiger partial charge in [0.25, 0.3) is 0 Å². The number of benzene rings is 2. The van der Waals surface area contributed by atoms with Crippen LogP contribution < -0.4 is 4.74 Å². The number of methoxy groups -OCH3 is 1. The molecule has 0 spiro atoms. The van der Waals surface area contributed by atoms with Crippen molar-refractivity contribution < 1.29 is 28.2 Å². The summed E-state index contributed by atoms with van der Waals surface area (Å²) in [6.07, 6.45) is 0.648.